The van der Waals surface area contributed by atoms with Crippen molar-refractivity contribution in [2.24, 2.45) is 5.41 Å². The molecule has 17 heavy (non-hydrogen) atoms. The number of likely N-dealkylation sites (tertiary alicyclic amines) is 1. The number of rotatable bonds is 4. The summed E-state index contributed by atoms with van der Waals surface area (Å²) in [6.45, 7) is 2.17. The van der Waals surface area contributed by atoms with E-state index >= 15 is 0 Å². The molecule has 1 unspecified atom stereocenters. The lowest BCUT2D eigenvalue weighted by Crippen LogP contribution is -2.50. The van der Waals surface area contributed by atoms with Crippen molar-refractivity contribution in [2.75, 3.05) is 13.1 Å². The highest BCUT2D eigenvalue weighted by molar-refractivity contribution is 5.68. The van der Waals surface area contributed by atoms with Crippen molar-refractivity contribution in [3.05, 3.63) is 35.9 Å². The lowest BCUT2D eigenvalue weighted by molar-refractivity contribution is -0.139. The highest BCUT2D eigenvalue weighted by atomic mass is 16.4. The molecule has 3 rings (SSSR count). The molecule has 0 bridgehead atoms. The Hall–Kier alpha value is -1.35. The van der Waals surface area contributed by atoms with Crippen molar-refractivity contribution in [1.82, 2.24) is 4.90 Å². The maximum atomic E-state index is 11.0. The first-order valence-corrected chi connectivity index (χ1v) is 6.19. The van der Waals surface area contributed by atoms with E-state index in [9.17, 15) is 4.79 Å². The third kappa shape index (κ3) is 2.07. The van der Waals surface area contributed by atoms with Crippen LogP contribution in [0, 0.1) is 5.41 Å². The molecule has 90 valence electrons. The number of carbonyl (C=O) groups is 1. The molecule has 2 fully saturated rings. The Morgan fingerprint density at radius 3 is 2.47 bits per heavy atom. The summed E-state index contributed by atoms with van der Waals surface area (Å²) in [5.74, 6) is -0.712. The first-order chi connectivity index (χ1) is 8.19. The second-order valence-corrected chi connectivity index (χ2v) is 5.43. The molecule has 3 heteroatoms. The highest BCUT2D eigenvalue weighted by Crippen LogP contribution is 2.55. The fraction of sp³-hybridized carbons (Fsp3) is 0.500. The fourth-order valence-corrected chi connectivity index (χ4v) is 2.83. The number of hydrogen-bond acceptors (Lipinski definition) is 2. The van der Waals surface area contributed by atoms with Gasteiger partial charge in [0.25, 0.3) is 0 Å². The minimum atomic E-state index is -0.712. The molecular formula is C14H17NO2. The summed E-state index contributed by atoms with van der Waals surface area (Å²) in [6, 6.07) is 10.1. The van der Waals surface area contributed by atoms with Gasteiger partial charge in [-0.15, -0.1) is 0 Å². The van der Waals surface area contributed by atoms with Crippen molar-refractivity contribution >= 4 is 5.97 Å². The van der Waals surface area contributed by atoms with Crippen LogP contribution in [0.2, 0.25) is 0 Å². The van der Waals surface area contributed by atoms with Crippen LogP contribution >= 0.6 is 0 Å². The lowest BCUT2D eigenvalue weighted by atomic mass is 9.90. The maximum Gasteiger partial charge on any atom is 0.305 e. The van der Waals surface area contributed by atoms with Crippen LogP contribution in [0.5, 0.6) is 0 Å². The van der Waals surface area contributed by atoms with Gasteiger partial charge in [0.1, 0.15) is 0 Å². The molecule has 0 aromatic heterocycles. The van der Waals surface area contributed by atoms with Crippen LogP contribution in [-0.4, -0.2) is 29.1 Å². The van der Waals surface area contributed by atoms with Crippen LogP contribution in [-0.2, 0) is 4.79 Å². The van der Waals surface area contributed by atoms with E-state index in [1.807, 2.05) is 30.3 Å². The minimum Gasteiger partial charge on any atom is -0.481 e. The molecule has 1 aliphatic heterocycles. The zero-order valence-electron chi connectivity index (χ0n) is 9.80. The van der Waals surface area contributed by atoms with Crippen molar-refractivity contribution in [2.45, 2.75) is 25.3 Å². The van der Waals surface area contributed by atoms with Crippen LogP contribution in [0.3, 0.4) is 0 Å². The first kappa shape index (κ1) is 10.8. The monoisotopic (exact) mass is 231 g/mol. The normalized spacial score (nSPS) is 23.1. The van der Waals surface area contributed by atoms with E-state index in [0.29, 0.717) is 5.41 Å². The molecule has 3 nitrogen and oxygen atoms in total. The second kappa shape index (κ2) is 3.84. The summed E-state index contributed by atoms with van der Waals surface area (Å²) in [6.07, 6.45) is 2.87. The van der Waals surface area contributed by atoms with Crippen LogP contribution < -0.4 is 0 Å². The van der Waals surface area contributed by atoms with E-state index in [0.717, 1.165) is 18.7 Å². The molecule has 1 spiro atoms. The van der Waals surface area contributed by atoms with Crippen molar-refractivity contribution < 1.29 is 9.90 Å². The molecule has 2 aliphatic rings. The Morgan fingerprint density at radius 2 is 1.94 bits per heavy atom. The topological polar surface area (TPSA) is 40.5 Å². The fourth-order valence-electron chi connectivity index (χ4n) is 2.83. The van der Waals surface area contributed by atoms with E-state index in [1.165, 1.54) is 12.8 Å². The standard InChI is InChI=1S/C14H17NO2/c16-13(17)8-12(11-4-2-1-3-5-11)15-9-14(10-15)6-7-14/h1-5,12H,6-10H2,(H,16,17). The van der Waals surface area contributed by atoms with Gasteiger partial charge in [-0.05, 0) is 23.8 Å². The van der Waals surface area contributed by atoms with Gasteiger partial charge in [-0.2, -0.15) is 0 Å². The molecular weight excluding hydrogens is 214 g/mol. The minimum absolute atomic E-state index is 0.0555. The summed E-state index contributed by atoms with van der Waals surface area (Å²) < 4.78 is 0. The van der Waals surface area contributed by atoms with Gasteiger partial charge in [0, 0.05) is 19.1 Å². The first-order valence-electron chi connectivity index (χ1n) is 6.19. The molecule has 1 saturated heterocycles. The van der Waals surface area contributed by atoms with Gasteiger partial charge >= 0.3 is 5.97 Å². The number of hydrogen-bond donors (Lipinski definition) is 1. The second-order valence-electron chi connectivity index (χ2n) is 5.43. The number of aliphatic carboxylic acids is 1. The summed E-state index contributed by atoms with van der Waals surface area (Å²) in [4.78, 5) is 13.3. The largest absolute Gasteiger partial charge is 0.481 e. The highest BCUT2D eigenvalue weighted by Gasteiger charge is 2.53. The van der Waals surface area contributed by atoms with E-state index in [4.69, 9.17) is 5.11 Å². The Kier molecular flexibility index (Phi) is 2.44. The van der Waals surface area contributed by atoms with Gasteiger partial charge in [0.05, 0.1) is 6.42 Å². The maximum absolute atomic E-state index is 11.0. The van der Waals surface area contributed by atoms with Crippen LogP contribution in [0.4, 0.5) is 0 Å². The van der Waals surface area contributed by atoms with Crippen LogP contribution in [0.1, 0.15) is 30.9 Å². The number of benzene rings is 1. The third-order valence-corrected chi connectivity index (χ3v) is 4.03. The van der Waals surface area contributed by atoms with Gasteiger partial charge in [0.2, 0.25) is 0 Å². The Labute approximate surface area is 101 Å². The zero-order valence-corrected chi connectivity index (χ0v) is 9.80. The van der Waals surface area contributed by atoms with Gasteiger partial charge in [0.15, 0.2) is 0 Å². The Bertz CT molecular complexity index is 417. The van der Waals surface area contributed by atoms with E-state index in [2.05, 4.69) is 4.90 Å². The molecule has 0 radical (unpaired) electrons. The quantitative estimate of drug-likeness (QED) is 0.864. The van der Waals surface area contributed by atoms with Gasteiger partial charge < -0.3 is 5.11 Å². The molecule has 1 aromatic carbocycles. The van der Waals surface area contributed by atoms with E-state index < -0.39 is 5.97 Å². The Balaban J connectivity index is 1.75. The summed E-state index contributed by atoms with van der Waals surface area (Å²) in [5.41, 5.74) is 1.70. The average molecular weight is 231 g/mol. The number of carboxylic acids is 1. The predicted molar refractivity (Wildman–Crippen MR) is 64.7 cm³/mol. The lowest BCUT2D eigenvalue weighted by Gasteiger charge is -2.45. The molecule has 1 aromatic rings. The van der Waals surface area contributed by atoms with Gasteiger partial charge in [-0.25, -0.2) is 0 Å². The van der Waals surface area contributed by atoms with E-state index in [-0.39, 0.29) is 12.5 Å². The molecule has 1 heterocycles. The van der Waals surface area contributed by atoms with Crippen molar-refractivity contribution in [1.29, 1.82) is 0 Å². The number of carboxylic acid groups (broad SMARTS) is 1. The zero-order chi connectivity index (χ0) is 11.9. The van der Waals surface area contributed by atoms with Gasteiger partial charge in [-0.1, -0.05) is 30.3 Å². The summed E-state index contributed by atoms with van der Waals surface area (Å²) in [5, 5.41) is 9.03. The van der Waals surface area contributed by atoms with Gasteiger partial charge in [-0.3, -0.25) is 9.69 Å². The van der Waals surface area contributed by atoms with Crippen LogP contribution in [0.15, 0.2) is 30.3 Å². The van der Waals surface area contributed by atoms with Crippen molar-refractivity contribution in [3.8, 4) is 0 Å². The average Bonchev–Trinajstić information content (AvgIpc) is 3.05. The third-order valence-electron chi connectivity index (χ3n) is 4.03. The number of nitrogens with zero attached hydrogens (tertiary/aromatic N) is 1. The van der Waals surface area contributed by atoms with Crippen LogP contribution in [0.25, 0.3) is 0 Å². The molecule has 0 amide bonds. The van der Waals surface area contributed by atoms with E-state index in [1.54, 1.807) is 0 Å². The molecule has 1 aliphatic carbocycles. The summed E-state index contributed by atoms with van der Waals surface area (Å²) in [7, 11) is 0. The molecule has 1 N–H and O–H groups in total. The van der Waals surface area contributed by atoms with Crippen molar-refractivity contribution in [3.63, 3.8) is 0 Å². The predicted octanol–water partition coefficient (Wildman–Crippen LogP) is 2.30. The summed E-state index contributed by atoms with van der Waals surface area (Å²) >= 11 is 0. The molecule has 1 saturated carbocycles. The molecule has 1 atom stereocenters. The SMILES string of the molecule is O=C(O)CC(c1ccccc1)N1CC2(CC2)C1. The Morgan fingerprint density at radius 1 is 1.29 bits per heavy atom. The smallest absolute Gasteiger partial charge is 0.305 e.